The van der Waals surface area contributed by atoms with E-state index in [4.69, 9.17) is 9.84 Å². The quantitative estimate of drug-likeness (QED) is 0.103. The maximum absolute atomic E-state index is 12.7. The molecule has 2 aliphatic heterocycles. The third kappa shape index (κ3) is 18.7. The summed E-state index contributed by atoms with van der Waals surface area (Å²) in [6.45, 7) is 18.2. The summed E-state index contributed by atoms with van der Waals surface area (Å²) < 4.78 is 5.14. The summed E-state index contributed by atoms with van der Waals surface area (Å²) in [5.74, 6) is -0.842. The molecule has 45 heavy (non-hydrogen) atoms. The average Bonchev–Trinajstić information content (AvgIpc) is 3.04. The first-order chi connectivity index (χ1) is 21.5. The van der Waals surface area contributed by atoms with Crippen LogP contribution < -0.4 is 5.32 Å². The van der Waals surface area contributed by atoms with Gasteiger partial charge < -0.3 is 20.1 Å². The molecular weight excluding hydrogens is 572 g/mol. The highest BCUT2D eigenvalue weighted by molar-refractivity contribution is 6.35. The van der Waals surface area contributed by atoms with Crippen LogP contribution in [0, 0.1) is 17.8 Å². The first-order valence-corrected chi connectivity index (χ1v) is 17.2. The lowest BCUT2D eigenvalue weighted by molar-refractivity contribution is -0.155. The third-order valence-electron chi connectivity index (χ3n) is 8.31. The van der Waals surface area contributed by atoms with E-state index in [2.05, 4.69) is 18.8 Å². The van der Waals surface area contributed by atoms with Crippen LogP contribution in [0.5, 0.6) is 0 Å². The van der Waals surface area contributed by atoms with Gasteiger partial charge in [0.2, 0.25) is 5.78 Å². The number of nitrogens with zero attached hydrogens (tertiary/aromatic N) is 1. The predicted octanol–water partition coefficient (Wildman–Crippen LogP) is 6.69. The number of nitrogens with one attached hydrogen (secondary N) is 1. The highest BCUT2D eigenvalue weighted by atomic mass is 16.5. The van der Waals surface area contributed by atoms with Gasteiger partial charge in [0.25, 0.3) is 5.91 Å². The van der Waals surface area contributed by atoms with Crippen molar-refractivity contribution >= 4 is 29.4 Å². The zero-order valence-corrected chi connectivity index (χ0v) is 29.0. The van der Waals surface area contributed by atoms with Crippen LogP contribution in [-0.2, 0) is 28.7 Å². The maximum Gasteiger partial charge on any atom is 0.326 e. The van der Waals surface area contributed by atoms with E-state index in [1.54, 1.807) is 6.92 Å². The molecule has 0 aliphatic carbocycles. The zero-order chi connectivity index (χ0) is 34.2. The van der Waals surface area contributed by atoms with Crippen molar-refractivity contribution in [1.82, 2.24) is 10.2 Å². The van der Waals surface area contributed by atoms with Gasteiger partial charge in [-0.15, -0.1) is 6.58 Å². The van der Waals surface area contributed by atoms with Crippen molar-refractivity contribution in [2.45, 2.75) is 131 Å². The number of allylic oxidation sites excluding steroid dienone is 2. The summed E-state index contributed by atoms with van der Waals surface area (Å²) in [7, 11) is 0. The first kappa shape index (κ1) is 42.2. The number of carboxylic acids is 1. The van der Waals surface area contributed by atoms with Crippen molar-refractivity contribution in [2.75, 3.05) is 26.2 Å². The van der Waals surface area contributed by atoms with Gasteiger partial charge in [-0.05, 0) is 83.2 Å². The van der Waals surface area contributed by atoms with Crippen molar-refractivity contribution in [2.24, 2.45) is 17.8 Å². The average molecular weight is 635 g/mol. The number of carbonyl (C=O) groups excluding carboxylic acids is 4. The fraction of sp³-hybridized carbons (Fsp3) is 0.750. The molecular formula is C36H62N2O7. The summed E-state index contributed by atoms with van der Waals surface area (Å²) in [6.07, 6.45) is 15.7. The van der Waals surface area contributed by atoms with Gasteiger partial charge in [-0.1, -0.05) is 58.3 Å². The number of amides is 1. The van der Waals surface area contributed by atoms with E-state index in [1.165, 1.54) is 45.2 Å². The molecule has 2 fully saturated rings. The molecule has 1 amide bonds. The molecule has 0 saturated carbocycles. The Kier molecular flexibility index (Phi) is 23.8. The second kappa shape index (κ2) is 25.4. The topological polar surface area (TPSA) is 130 Å². The van der Waals surface area contributed by atoms with Crippen LogP contribution in [0.4, 0.5) is 0 Å². The Hall–Kier alpha value is -2.81. The monoisotopic (exact) mass is 634 g/mol. The molecule has 0 aromatic carbocycles. The van der Waals surface area contributed by atoms with E-state index in [9.17, 15) is 24.0 Å². The van der Waals surface area contributed by atoms with Crippen molar-refractivity contribution in [3.63, 3.8) is 0 Å². The summed E-state index contributed by atoms with van der Waals surface area (Å²) in [4.78, 5) is 58.1. The van der Waals surface area contributed by atoms with Gasteiger partial charge in [-0.25, -0.2) is 4.79 Å². The van der Waals surface area contributed by atoms with E-state index in [1.807, 2.05) is 32.9 Å². The number of rotatable bonds is 17. The predicted molar refractivity (Wildman–Crippen MR) is 180 cm³/mol. The highest BCUT2D eigenvalue weighted by Gasteiger charge is 2.33. The minimum absolute atomic E-state index is 0.102. The summed E-state index contributed by atoms with van der Waals surface area (Å²) in [6, 6.07) is -0.819. The van der Waals surface area contributed by atoms with Gasteiger partial charge in [-0.3, -0.25) is 19.2 Å². The molecule has 258 valence electrons. The standard InChI is InChI=1S/C25H43NO3.C9H13NO4.C2H6/c1-5-9-23(18-21(4)15-17-29-25(28)6-2)24(27)14-13-20(3)10-7-11-22-12-8-16-26-19-22;1-6(11)8(12)10-5-3-2-4-7(10)9(13)14;1-2/h5,18,20,22-23,26H,1,6-17,19H2,2-4H3;7H,2-5H2,1H3,(H,13,14);1-2H3/b21-18+;;/t20-,22?,23?;7-;/m00./s1. The van der Waals surface area contributed by atoms with E-state index >= 15 is 0 Å². The van der Waals surface area contributed by atoms with E-state index in [0.717, 1.165) is 42.6 Å². The maximum atomic E-state index is 12.7. The van der Waals surface area contributed by atoms with Gasteiger partial charge in [0, 0.05) is 38.6 Å². The molecule has 9 heteroatoms. The number of esters is 1. The van der Waals surface area contributed by atoms with Crippen LogP contribution >= 0.6 is 0 Å². The van der Waals surface area contributed by atoms with Crippen molar-refractivity contribution in [3.8, 4) is 0 Å². The zero-order valence-electron chi connectivity index (χ0n) is 29.0. The lowest BCUT2D eigenvalue weighted by Crippen LogP contribution is -2.49. The summed E-state index contributed by atoms with van der Waals surface area (Å²) in [5, 5.41) is 12.3. The van der Waals surface area contributed by atoms with Crippen molar-refractivity contribution < 1.29 is 33.8 Å². The molecule has 2 N–H and O–H groups in total. The van der Waals surface area contributed by atoms with E-state index < -0.39 is 23.7 Å². The fourth-order valence-electron chi connectivity index (χ4n) is 5.60. The van der Waals surface area contributed by atoms with Gasteiger partial charge in [0.1, 0.15) is 11.8 Å². The number of carbonyl (C=O) groups is 5. The Morgan fingerprint density at radius 3 is 2.33 bits per heavy atom. The Morgan fingerprint density at radius 1 is 1.04 bits per heavy atom. The molecule has 9 nitrogen and oxygen atoms in total. The fourth-order valence-corrected chi connectivity index (χ4v) is 5.60. The van der Waals surface area contributed by atoms with Crippen molar-refractivity contribution in [1.29, 1.82) is 0 Å². The van der Waals surface area contributed by atoms with Crippen LogP contribution in [0.15, 0.2) is 24.3 Å². The Labute approximate surface area is 272 Å². The molecule has 2 aliphatic rings. The number of ketones is 2. The molecule has 2 rings (SSSR count). The van der Waals surface area contributed by atoms with Crippen LogP contribution in [-0.4, -0.2) is 71.7 Å². The second-order valence-corrected chi connectivity index (χ2v) is 12.1. The van der Waals surface area contributed by atoms with Crippen LogP contribution in [0.3, 0.4) is 0 Å². The Balaban J connectivity index is 0.00000101. The number of carboxylic acid groups (broad SMARTS) is 1. The molecule has 2 saturated heterocycles. The number of hydrogen-bond donors (Lipinski definition) is 2. The molecule has 0 spiro atoms. The van der Waals surface area contributed by atoms with Gasteiger partial charge >= 0.3 is 11.9 Å². The smallest absolute Gasteiger partial charge is 0.326 e. The Bertz CT molecular complexity index is 940. The SMILES string of the molecule is C=CCC(/C=C(\C)CCOC(=O)CC)C(=O)CC[C@@H](C)CCCC1CCCNC1.CC.CC(=O)C(=O)N1CCCC[C@H]1C(=O)O. The number of likely N-dealkylation sites (tertiary alicyclic amines) is 1. The molecule has 0 aromatic rings. The molecule has 0 bridgehead atoms. The lowest BCUT2D eigenvalue weighted by atomic mass is 9.88. The number of hydrogen-bond acceptors (Lipinski definition) is 7. The molecule has 4 atom stereocenters. The Morgan fingerprint density at radius 2 is 1.76 bits per heavy atom. The molecule has 0 aromatic heterocycles. The second-order valence-electron chi connectivity index (χ2n) is 12.1. The largest absolute Gasteiger partial charge is 0.480 e. The van der Waals surface area contributed by atoms with Crippen LogP contribution in [0.1, 0.15) is 125 Å². The number of Topliss-reactive ketones (excluding diaryl/α,β-unsaturated/α-hetero) is 2. The van der Waals surface area contributed by atoms with Gasteiger partial charge in [0.15, 0.2) is 0 Å². The molecule has 0 radical (unpaired) electrons. The van der Waals surface area contributed by atoms with E-state index in [0.29, 0.717) is 57.0 Å². The van der Waals surface area contributed by atoms with E-state index in [-0.39, 0.29) is 11.9 Å². The van der Waals surface area contributed by atoms with Crippen LogP contribution in [0.25, 0.3) is 0 Å². The third-order valence-corrected chi connectivity index (χ3v) is 8.31. The summed E-state index contributed by atoms with van der Waals surface area (Å²) in [5.41, 5.74) is 1.10. The lowest BCUT2D eigenvalue weighted by Gasteiger charge is -2.31. The number of aliphatic carboxylic acids is 1. The number of piperidine rings is 2. The van der Waals surface area contributed by atoms with Gasteiger partial charge in [0.05, 0.1) is 6.61 Å². The molecule has 2 unspecified atom stereocenters. The summed E-state index contributed by atoms with van der Waals surface area (Å²) >= 11 is 0. The number of ether oxygens (including phenoxy) is 1. The van der Waals surface area contributed by atoms with Gasteiger partial charge in [-0.2, -0.15) is 0 Å². The highest BCUT2D eigenvalue weighted by Crippen LogP contribution is 2.23. The van der Waals surface area contributed by atoms with Crippen LogP contribution in [0.2, 0.25) is 0 Å². The normalized spacial score (nSPS) is 19.4. The minimum Gasteiger partial charge on any atom is -0.480 e. The first-order valence-electron chi connectivity index (χ1n) is 17.2. The molecule has 2 heterocycles. The van der Waals surface area contributed by atoms with Crippen molar-refractivity contribution in [3.05, 3.63) is 24.3 Å². The minimum atomic E-state index is -1.03.